The number of aromatic carboxylic acids is 1. The smallest absolute Gasteiger partial charge is 0.335 e. The van der Waals surface area contributed by atoms with E-state index in [9.17, 15) is 13.2 Å². The number of halogens is 2. The lowest BCUT2D eigenvalue weighted by molar-refractivity contribution is 0.0696. The summed E-state index contributed by atoms with van der Waals surface area (Å²) in [5, 5.41) is 9.45. The van der Waals surface area contributed by atoms with Gasteiger partial charge in [-0.25, -0.2) is 17.9 Å². The van der Waals surface area contributed by atoms with Crippen LogP contribution in [-0.4, -0.2) is 19.5 Å². The zero-order valence-corrected chi connectivity index (χ0v) is 14.6. The third kappa shape index (κ3) is 3.28. The maximum atomic E-state index is 12.6. The van der Waals surface area contributed by atoms with Crippen molar-refractivity contribution in [3.63, 3.8) is 0 Å². The Bertz CT molecular complexity index is 928. The van der Waals surface area contributed by atoms with Crippen molar-refractivity contribution in [3.05, 3.63) is 63.1 Å². The predicted molar refractivity (Wildman–Crippen MR) is 91.2 cm³/mol. The van der Waals surface area contributed by atoms with Crippen LogP contribution in [0.1, 0.15) is 33.9 Å². The van der Waals surface area contributed by atoms with Crippen LogP contribution in [0.25, 0.3) is 0 Å². The normalized spacial score (nSPS) is 16.8. The average Bonchev–Trinajstić information content (AvgIpc) is 2.91. The summed E-state index contributed by atoms with van der Waals surface area (Å²) in [6, 6.07) is 8.47. The largest absolute Gasteiger partial charge is 0.478 e. The fourth-order valence-corrected chi connectivity index (χ4v) is 4.80. The highest BCUT2D eigenvalue weighted by Crippen LogP contribution is 2.34. The molecule has 0 aliphatic heterocycles. The summed E-state index contributed by atoms with van der Waals surface area (Å²) >= 11 is 11.8. The summed E-state index contributed by atoms with van der Waals surface area (Å²) in [6.45, 7) is 0. The van der Waals surface area contributed by atoms with E-state index in [0.29, 0.717) is 18.4 Å². The summed E-state index contributed by atoms with van der Waals surface area (Å²) in [4.78, 5) is 11.0. The maximum absolute atomic E-state index is 12.6. The minimum Gasteiger partial charge on any atom is -0.478 e. The Hall–Kier alpha value is -1.60. The number of fused-ring (bicyclic) bond motifs is 1. The van der Waals surface area contributed by atoms with Gasteiger partial charge < -0.3 is 5.11 Å². The third-order valence-corrected chi connectivity index (χ3v) is 6.14. The van der Waals surface area contributed by atoms with Crippen LogP contribution in [0.5, 0.6) is 0 Å². The highest BCUT2D eigenvalue weighted by molar-refractivity contribution is 7.89. The molecule has 1 aliphatic rings. The summed E-state index contributed by atoms with van der Waals surface area (Å²) in [5.74, 6) is -1.05. The zero-order chi connectivity index (χ0) is 17.5. The van der Waals surface area contributed by atoms with Crippen molar-refractivity contribution in [2.24, 2.45) is 0 Å². The van der Waals surface area contributed by atoms with Crippen molar-refractivity contribution in [2.45, 2.75) is 23.8 Å². The lowest BCUT2D eigenvalue weighted by atomic mass is 10.0. The van der Waals surface area contributed by atoms with Gasteiger partial charge in [0.25, 0.3) is 0 Å². The standard InChI is InChI=1S/C16H13Cl2NO4S/c17-11-4-5-13(18)15(8-11)24(22,23)19-14-6-3-9-1-2-10(16(20)21)7-12(9)14/h1-2,4-5,7-8,14,19H,3,6H2,(H,20,21)/t14-/m1/s1. The van der Waals surface area contributed by atoms with Crippen LogP contribution < -0.4 is 4.72 Å². The van der Waals surface area contributed by atoms with Crippen molar-refractivity contribution >= 4 is 39.2 Å². The summed E-state index contributed by atoms with van der Waals surface area (Å²) in [6.07, 6.45) is 1.22. The van der Waals surface area contributed by atoms with Gasteiger partial charge in [-0.2, -0.15) is 0 Å². The lowest BCUT2D eigenvalue weighted by Gasteiger charge is -2.16. The first-order valence-corrected chi connectivity index (χ1v) is 9.35. The van der Waals surface area contributed by atoms with Gasteiger partial charge in [0.2, 0.25) is 10.0 Å². The number of hydrogen-bond donors (Lipinski definition) is 2. The van der Waals surface area contributed by atoms with E-state index in [1.54, 1.807) is 6.07 Å². The molecule has 0 unspecified atom stereocenters. The van der Waals surface area contributed by atoms with Crippen molar-refractivity contribution in [2.75, 3.05) is 0 Å². The second-order valence-electron chi connectivity index (χ2n) is 5.51. The van der Waals surface area contributed by atoms with E-state index >= 15 is 0 Å². The van der Waals surface area contributed by atoms with E-state index in [2.05, 4.69) is 4.72 Å². The fourth-order valence-electron chi connectivity index (χ4n) is 2.79. The summed E-state index contributed by atoms with van der Waals surface area (Å²) in [7, 11) is -3.89. The molecule has 0 spiro atoms. The molecule has 3 rings (SSSR count). The first-order chi connectivity index (χ1) is 11.3. The van der Waals surface area contributed by atoms with Crippen LogP contribution in [0.15, 0.2) is 41.3 Å². The Kier molecular flexibility index (Phi) is 4.57. The molecule has 0 radical (unpaired) electrons. The first kappa shape index (κ1) is 17.2. The number of carbonyl (C=O) groups is 1. The number of carboxylic acid groups (broad SMARTS) is 1. The van der Waals surface area contributed by atoms with Crippen molar-refractivity contribution in [3.8, 4) is 0 Å². The van der Waals surface area contributed by atoms with E-state index in [4.69, 9.17) is 28.3 Å². The molecule has 2 N–H and O–H groups in total. The molecular formula is C16H13Cl2NO4S. The molecule has 0 saturated carbocycles. The van der Waals surface area contributed by atoms with E-state index in [1.165, 1.54) is 30.3 Å². The molecule has 0 aromatic heterocycles. The first-order valence-electron chi connectivity index (χ1n) is 7.11. The Morgan fingerprint density at radius 1 is 1.17 bits per heavy atom. The second-order valence-corrected chi connectivity index (χ2v) is 8.03. The molecule has 126 valence electrons. The van der Waals surface area contributed by atoms with Crippen LogP contribution in [-0.2, 0) is 16.4 Å². The number of benzene rings is 2. The van der Waals surface area contributed by atoms with Gasteiger partial charge >= 0.3 is 5.97 Å². The van der Waals surface area contributed by atoms with E-state index < -0.39 is 22.0 Å². The maximum Gasteiger partial charge on any atom is 0.335 e. The Labute approximate surface area is 149 Å². The minimum atomic E-state index is -3.89. The van der Waals surface area contributed by atoms with E-state index in [0.717, 1.165) is 5.56 Å². The number of hydrogen-bond acceptors (Lipinski definition) is 3. The van der Waals surface area contributed by atoms with Crippen LogP contribution in [0.3, 0.4) is 0 Å². The fraction of sp³-hybridized carbons (Fsp3) is 0.188. The van der Waals surface area contributed by atoms with Crippen LogP contribution in [0.4, 0.5) is 0 Å². The van der Waals surface area contributed by atoms with Gasteiger partial charge in [-0.3, -0.25) is 0 Å². The number of rotatable bonds is 4. The number of sulfonamides is 1. The number of nitrogens with one attached hydrogen (secondary N) is 1. The molecule has 0 amide bonds. The monoisotopic (exact) mass is 385 g/mol. The number of carboxylic acids is 1. The molecular weight excluding hydrogens is 373 g/mol. The van der Waals surface area contributed by atoms with Crippen molar-refractivity contribution in [1.82, 2.24) is 4.72 Å². The van der Waals surface area contributed by atoms with Crippen LogP contribution in [0, 0.1) is 0 Å². The Balaban J connectivity index is 1.95. The molecule has 24 heavy (non-hydrogen) atoms. The van der Waals surface area contributed by atoms with Crippen molar-refractivity contribution < 1.29 is 18.3 Å². The molecule has 0 fully saturated rings. The van der Waals surface area contributed by atoms with E-state index in [-0.39, 0.29) is 20.5 Å². The van der Waals surface area contributed by atoms with Gasteiger partial charge in [0.1, 0.15) is 4.90 Å². The Morgan fingerprint density at radius 3 is 2.62 bits per heavy atom. The van der Waals surface area contributed by atoms with Gasteiger partial charge in [0.05, 0.1) is 10.6 Å². The lowest BCUT2D eigenvalue weighted by Crippen LogP contribution is -2.27. The van der Waals surface area contributed by atoms with Gasteiger partial charge in [-0.05, 0) is 54.3 Å². The second kappa shape index (κ2) is 6.37. The molecule has 1 aliphatic carbocycles. The molecule has 0 saturated heterocycles. The minimum absolute atomic E-state index is 0.0735. The van der Waals surface area contributed by atoms with Gasteiger partial charge in [0, 0.05) is 11.1 Å². The average molecular weight is 386 g/mol. The quantitative estimate of drug-likeness (QED) is 0.840. The Morgan fingerprint density at radius 2 is 1.92 bits per heavy atom. The number of aryl methyl sites for hydroxylation is 1. The van der Waals surface area contributed by atoms with Gasteiger partial charge in [-0.15, -0.1) is 0 Å². The summed E-state index contributed by atoms with van der Waals surface area (Å²) in [5.41, 5.74) is 1.74. The van der Waals surface area contributed by atoms with Crippen molar-refractivity contribution in [1.29, 1.82) is 0 Å². The summed E-state index contributed by atoms with van der Waals surface area (Å²) < 4.78 is 27.8. The van der Waals surface area contributed by atoms with Gasteiger partial charge in [-0.1, -0.05) is 29.3 Å². The van der Waals surface area contributed by atoms with Crippen LogP contribution >= 0.6 is 23.2 Å². The van der Waals surface area contributed by atoms with Gasteiger partial charge in [0.15, 0.2) is 0 Å². The molecule has 8 heteroatoms. The zero-order valence-electron chi connectivity index (χ0n) is 12.3. The van der Waals surface area contributed by atoms with Crippen LogP contribution in [0.2, 0.25) is 10.0 Å². The molecule has 0 heterocycles. The molecule has 5 nitrogen and oxygen atoms in total. The molecule has 1 atom stereocenters. The molecule has 0 bridgehead atoms. The highest BCUT2D eigenvalue weighted by Gasteiger charge is 2.29. The molecule has 2 aromatic carbocycles. The highest BCUT2D eigenvalue weighted by atomic mass is 35.5. The SMILES string of the molecule is O=C(O)c1ccc2c(c1)[C@H](NS(=O)(=O)c1cc(Cl)ccc1Cl)CC2. The third-order valence-electron chi connectivity index (χ3n) is 3.95. The molecule has 2 aromatic rings. The topological polar surface area (TPSA) is 83.5 Å². The van der Waals surface area contributed by atoms with E-state index in [1.807, 2.05) is 0 Å². The predicted octanol–water partition coefficient (Wildman–Crippen LogP) is 3.66.